The van der Waals surface area contributed by atoms with Gasteiger partial charge in [0.15, 0.2) is 0 Å². The first-order valence-corrected chi connectivity index (χ1v) is 2.33. The average molecular weight is 119 g/mol. The third-order valence-corrected chi connectivity index (χ3v) is 0.254. The van der Waals surface area contributed by atoms with E-state index >= 15 is 0 Å². The number of hydrogen-bond donors (Lipinski definition) is 0. The zero-order valence-corrected chi connectivity index (χ0v) is 3.78. The quantitative estimate of drug-likeness (QED) is 0.315. The molecule has 0 bridgehead atoms. The van der Waals surface area contributed by atoms with Crippen molar-refractivity contribution in [1.29, 1.82) is 0 Å². The molecule has 0 aromatic rings. The van der Waals surface area contributed by atoms with E-state index in [1.54, 1.807) is 0 Å². The second-order valence-electron chi connectivity index (χ2n) is 0.214. The Morgan fingerprint density at radius 3 is 2.25 bits per heavy atom. The Balaban J connectivity index is 2.43. The fraction of sp³-hybridized carbons (Fsp3) is 0. The Morgan fingerprint density at radius 2 is 2.25 bits per heavy atom. The maximum absolute atomic E-state index is 10.6. The van der Waals surface area contributed by atoms with E-state index in [4.69, 9.17) is 0 Å². The number of terminal acetylenes is 1. The first-order chi connectivity index (χ1) is 1.91. The van der Waals surface area contributed by atoms with Crippen molar-refractivity contribution < 1.29 is 3.47 Å². The summed E-state index contributed by atoms with van der Waals surface area (Å²) >= 11 is -1.26. The number of hydrogen-bond acceptors (Lipinski definition) is 0. The van der Waals surface area contributed by atoms with Crippen LogP contribution in [-0.2, 0) is 0 Å². The van der Waals surface area contributed by atoms with E-state index in [-0.39, 0.29) is 0 Å². The predicted octanol–water partition coefficient (Wildman–Crippen LogP) is 0.166. The summed E-state index contributed by atoms with van der Waals surface area (Å²) in [4.78, 5) is 0. The van der Waals surface area contributed by atoms with E-state index in [2.05, 4.69) is 6.42 Å². The van der Waals surface area contributed by atoms with Gasteiger partial charge in [0.25, 0.3) is 0 Å². The van der Waals surface area contributed by atoms with E-state index in [1.165, 1.54) is 0 Å². The molecule has 0 unspecified atom stereocenters. The first-order valence-electron chi connectivity index (χ1n) is 0.681. The second-order valence-corrected chi connectivity index (χ2v) is 1.11. The molecule has 0 aliphatic heterocycles. The van der Waals surface area contributed by atoms with Gasteiger partial charge in [0.05, 0.1) is 0 Å². The predicted molar refractivity (Wildman–Crippen MR) is 15.7 cm³/mol. The molecule has 0 atom stereocenters. The molecule has 0 amide bonds. The van der Waals surface area contributed by atoms with E-state index in [9.17, 15) is 3.47 Å². The van der Waals surface area contributed by atoms with Crippen LogP contribution in [0.5, 0.6) is 0 Å². The van der Waals surface area contributed by atoms with E-state index in [1.807, 2.05) is 4.71 Å². The van der Waals surface area contributed by atoms with Crippen LogP contribution in [0.4, 0.5) is 3.47 Å². The standard InChI is InChI=1S/C2HAsF/c1-2-3-4/h1H. The summed E-state index contributed by atoms with van der Waals surface area (Å²) in [5.41, 5.74) is 0. The molecule has 0 spiro atoms. The summed E-state index contributed by atoms with van der Waals surface area (Å²) in [6.07, 6.45) is 4.44. The zero-order valence-electron chi connectivity index (χ0n) is 1.90. The molecule has 1 radical (unpaired) electrons. The van der Waals surface area contributed by atoms with Crippen molar-refractivity contribution in [3.8, 4) is 11.1 Å². The van der Waals surface area contributed by atoms with Crippen LogP contribution in [0.25, 0.3) is 0 Å². The van der Waals surface area contributed by atoms with Crippen molar-refractivity contribution in [2.75, 3.05) is 0 Å². The van der Waals surface area contributed by atoms with Crippen LogP contribution in [0, 0.1) is 11.1 Å². The molecule has 0 nitrogen and oxygen atoms in total. The van der Waals surface area contributed by atoms with Gasteiger partial charge < -0.3 is 0 Å². The van der Waals surface area contributed by atoms with Crippen LogP contribution < -0.4 is 0 Å². The minimum atomic E-state index is -1.26. The maximum atomic E-state index is 10.6. The first kappa shape index (κ1) is 4.05. The normalized spacial score (nSPS) is 8.00. The topological polar surface area (TPSA) is 0 Å². The molecule has 0 rings (SSSR count). The molecular weight excluding hydrogens is 118 g/mol. The average Bonchev–Trinajstić information content (AvgIpc) is 1.37. The Kier molecular flexibility index (Phi) is 3.09. The molecule has 0 aliphatic carbocycles. The van der Waals surface area contributed by atoms with Gasteiger partial charge in [-0.15, -0.1) is 0 Å². The van der Waals surface area contributed by atoms with Crippen LogP contribution in [-0.4, -0.2) is 16.2 Å². The van der Waals surface area contributed by atoms with Crippen LogP contribution in [0.1, 0.15) is 0 Å². The summed E-state index contributed by atoms with van der Waals surface area (Å²) in [7, 11) is 0. The molecule has 0 aromatic heterocycles. The van der Waals surface area contributed by atoms with Crippen LogP contribution in [0.15, 0.2) is 0 Å². The van der Waals surface area contributed by atoms with Crippen molar-refractivity contribution in [3.05, 3.63) is 0 Å². The van der Waals surface area contributed by atoms with Gasteiger partial charge in [-0.2, -0.15) is 0 Å². The van der Waals surface area contributed by atoms with Gasteiger partial charge in [-0.1, -0.05) is 0 Å². The minimum absolute atomic E-state index is 1.26. The summed E-state index contributed by atoms with van der Waals surface area (Å²) in [6.45, 7) is 0. The van der Waals surface area contributed by atoms with Crippen molar-refractivity contribution in [2.24, 2.45) is 0 Å². The van der Waals surface area contributed by atoms with Crippen molar-refractivity contribution in [2.45, 2.75) is 0 Å². The van der Waals surface area contributed by atoms with E-state index in [0.29, 0.717) is 0 Å². The van der Waals surface area contributed by atoms with Gasteiger partial charge in [0.1, 0.15) is 0 Å². The number of halogens is 1. The summed E-state index contributed by atoms with van der Waals surface area (Å²) in [5, 5.41) is 0. The Hall–Kier alpha value is 0.0484. The molecule has 0 heterocycles. The van der Waals surface area contributed by atoms with Crippen molar-refractivity contribution in [3.63, 3.8) is 0 Å². The fourth-order valence-corrected chi connectivity index (χ4v) is 0. The fourth-order valence-electron chi connectivity index (χ4n) is 0. The molecule has 2 heteroatoms. The number of rotatable bonds is 0. The molecule has 0 fully saturated rings. The molecule has 0 saturated heterocycles. The van der Waals surface area contributed by atoms with Crippen molar-refractivity contribution in [1.82, 2.24) is 0 Å². The van der Waals surface area contributed by atoms with Gasteiger partial charge in [0.2, 0.25) is 0 Å². The van der Waals surface area contributed by atoms with Gasteiger partial charge in [0, 0.05) is 0 Å². The third-order valence-electron chi connectivity index (χ3n) is 0.0488. The molecular formula is C2HAsF. The SMILES string of the molecule is C#C[As]F. The summed E-state index contributed by atoms with van der Waals surface area (Å²) < 4.78 is 12.4. The van der Waals surface area contributed by atoms with Crippen LogP contribution in [0.3, 0.4) is 0 Å². The zero-order chi connectivity index (χ0) is 3.41. The third kappa shape index (κ3) is 2.05. The van der Waals surface area contributed by atoms with E-state index in [0.717, 1.165) is 0 Å². The molecule has 0 saturated carbocycles. The second kappa shape index (κ2) is 3.05. The molecule has 21 valence electrons. The monoisotopic (exact) mass is 119 g/mol. The van der Waals surface area contributed by atoms with Crippen molar-refractivity contribution >= 4 is 16.2 Å². The van der Waals surface area contributed by atoms with Gasteiger partial charge in [-0.25, -0.2) is 0 Å². The Labute approximate surface area is 31.6 Å². The van der Waals surface area contributed by atoms with Crippen LogP contribution in [0.2, 0.25) is 0 Å². The van der Waals surface area contributed by atoms with Gasteiger partial charge in [-0.05, 0) is 0 Å². The summed E-state index contributed by atoms with van der Waals surface area (Å²) in [6, 6.07) is 0. The molecule has 0 aromatic carbocycles. The van der Waals surface area contributed by atoms with E-state index < -0.39 is 16.2 Å². The summed E-state index contributed by atoms with van der Waals surface area (Å²) in [5.74, 6) is 0. The van der Waals surface area contributed by atoms with Gasteiger partial charge in [-0.3, -0.25) is 0 Å². The Morgan fingerprint density at radius 1 is 2.00 bits per heavy atom. The molecule has 0 N–H and O–H groups in total. The molecule has 4 heavy (non-hydrogen) atoms. The van der Waals surface area contributed by atoms with Gasteiger partial charge >= 0.3 is 30.8 Å². The van der Waals surface area contributed by atoms with Crippen LogP contribution >= 0.6 is 0 Å². The molecule has 0 aliphatic rings. The Bertz CT molecular complexity index is 35.8.